The number of rotatable bonds is 7. The molecule has 0 spiro atoms. The van der Waals surface area contributed by atoms with Gasteiger partial charge in [0, 0.05) is 19.6 Å². The first kappa shape index (κ1) is 13.3. The number of hydrogen-bond acceptors (Lipinski definition) is 3. The number of hydrogen-bond donors (Lipinski definition) is 1. The van der Waals surface area contributed by atoms with Crippen LogP contribution >= 0.6 is 11.6 Å². The lowest BCUT2D eigenvalue weighted by Crippen LogP contribution is -2.23. The van der Waals surface area contributed by atoms with Gasteiger partial charge in [-0.1, -0.05) is 23.7 Å². The highest BCUT2D eigenvalue weighted by molar-refractivity contribution is 6.32. The predicted octanol–water partition coefficient (Wildman–Crippen LogP) is 2.33. The summed E-state index contributed by atoms with van der Waals surface area (Å²) in [6.07, 6.45) is 0.900. The summed E-state index contributed by atoms with van der Waals surface area (Å²) in [6, 6.07) is 7.43. The Morgan fingerprint density at radius 1 is 1.38 bits per heavy atom. The Morgan fingerprint density at radius 3 is 2.75 bits per heavy atom. The van der Waals surface area contributed by atoms with Crippen molar-refractivity contribution < 1.29 is 9.47 Å². The van der Waals surface area contributed by atoms with Gasteiger partial charge in [0.25, 0.3) is 0 Å². The number of halogens is 1. The maximum absolute atomic E-state index is 5.97. The summed E-state index contributed by atoms with van der Waals surface area (Å²) in [5.74, 6) is 1.01. The standard InChI is InChI=1S/C12H18ClNO2/c1-15-7-6-10(8-14)9-16-12-5-3-2-4-11(12)13/h2-5,10H,6-9,14H2,1H3. The zero-order chi connectivity index (χ0) is 11.8. The number of ether oxygens (including phenoxy) is 2. The first-order valence-electron chi connectivity index (χ1n) is 5.34. The number of methoxy groups -OCH3 is 1. The molecule has 3 nitrogen and oxygen atoms in total. The van der Waals surface area contributed by atoms with E-state index in [4.69, 9.17) is 26.8 Å². The van der Waals surface area contributed by atoms with Crippen LogP contribution in [0.3, 0.4) is 0 Å². The maximum Gasteiger partial charge on any atom is 0.137 e. The first-order chi connectivity index (χ1) is 7.77. The zero-order valence-corrected chi connectivity index (χ0v) is 10.2. The van der Waals surface area contributed by atoms with Crippen LogP contribution in [-0.4, -0.2) is 26.9 Å². The summed E-state index contributed by atoms with van der Waals surface area (Å²) < 4.78 is 10.6. The van der Waals surface area contributed by atoms with Crippen LogP contribution in [0.15, 0.2) is 24.3 Å². The SMILES string of the molecule is COCCC(CN)COc1ccccc1Cl. The first-order valence-corrected chi connectivity index (χ1v) is 5.72. The second-order valence-corrected chi connectivity index (χ2v) is 4.03. The van der Waals surface area contributed by atoms with Crippen molar-refractivity contribution in [1.29, 1.82) is 0 Å². The third-order valence-electron chi connectivity index (χ3n) is 2.37. The van der Waals surface area contributed by atoms with E-state index in [-0.39, 0.29) is 0 Å². The lowest BCUT2D eigenvalue weighted by Gasteiger charge is -2.15. The van der Waals surface area contributed by atoms with Gasteiger partial charge in [0.15, 0.2) is 0 Å². The average Bonchev–Trinajstić information content (AvgIpc) is 2.31. The van der Waals surface area contributed by atoms with E-state index in [0.717, 1.165) is 6.42 Å². The molecule has 0 aromatic heterocycles. The van der Waals surface area contributed by atoms with Crippen molar-refractivity contribution in [3.8, 4) is 5.75 Å². The molecule has 0 heterocycles. The Bertz CT molecular complexity index is 307. The van der Waals surface area contributed by atoms with Crippen LogP contribution in [0.2, 0.25) is 5.02 Å². The fourth-order valence-corrected chi connectivity index (χ4v) is 1.51. The Kier molecular flexibility index (Phi) is 6.23. The molecule has 0 radical (unpaired) electrons. The van der Waals surface area contributed by atoms with Crippen molar-refractivity contribution in [2.24, 2.45) is 11.7 Å². The molecule has 1 aromatic carbocycles. The van der Waals surface area contributed by atoms with E-state index < -0.39 is 0 Å². The fraction of sp³-hybridized carbons (Fsp3) is 0.500. The molecule has 2 N–H and O–H groups in total. The minimum Gasteiger partial charge on any atom is -0.492 e. The molecule has 1 unspecified atom stereocenters. The van der Waals surface area contributed by atoms with Gasteiger partial charge in [-0.05, 0) is 25.1 Å². The normalized spacial score (nSPS) is 12.4. The summed E-state index contributed by atoms with van der Waals surface area (Å²) in [5, 5.41) is 0.630. The van der Waals surface area contributed by atoms with Gasteiger partial charge in [0.05, 0.1) is 11.6 Å². The number of para-hydroxylation sites is 1. The molecule has 0 aliphatic heterocycles. The molecule has 1 aromatic rings. The highest BCUT2D eigenvalue weighted by atomic mass is 35.5. The van der Waals surface area contributed by atoms with Crippen molar-refractivity contribution in [3.05, 3.63) is 29.3 Å². The molecular formula is C12H18ClNO2. The molecule has 16 heavy (non-hydrogen) atoms. The zero-order valence-electron chi connectivity index (χ0n) is 9.49. The van der Waals surface area contributed by atoms with Crippen LogP contribution in [0, 0.1) is 5.92 Å². The van der Waals surface area contributed by atoms with E-state index in [0.29, 0.717) is 36.4 Å². The van der Waals surface area contributed by atoms with Crippen LogP contribution in [0.25, 0.3) is 0 Å². The third-order valence-corrected chi connectivity index (χ3v) is 2.69. The number of benzene rings is 1. The van der Waals surface area contributed by atoms with Crippen molar-refractivity contribution in [2.45, 2.75) is 6.42 Å². The molecular weight excluding hydrogens is 226 g/mol. The van der Waals surface area contributed by atoms with Crippen LogP contribution in [0.4, 0.5) is 0 Å². The third kappa shape index (κ3) is 4.39. The molecule has 0 bridgehead atoms. The smallest absolute Gasteiger partial charge is 0.137 e. The van der Waals surface area contributed by atoms with Gasteiger partial charge in [-0.15, -0.1) is 0 Å². The van der Waals surface area contributed by atoms with E-state index in [1.165, 1.54) is 0 Å². The van der Waals surface area contributed by atoms with Gasteiger partial charge >= 0.3 is 0 Å². The highest BCUT2D eigenvalue weighted by Gasteiger charge is 2.08. The van der Waals surface area contributed by atoms with Gasteiger partial charge in [-0.3, -0.25) is 0 Å². The lowest BCUT2D eigenvalue weighted by atomic mass is 10.1. The van der Waals surface area contributed by atoms with Gasteiger partial charge in [-0.25, -0.2) is 0 Å². The molecule has 4 heteroatoms. The molecule has 0 aliphatic carbocycles. The number of nitrogens with two attached hydrogens (primary N) is 1. The van der Waals surface area contributed by atoms with E-state index in [1.807, 2.05) is 24.3 Å². The van der Waals surface area contributed by atoms with Gasteiger partial charge in [-0.2, -0.15) is 0 Å². The topological polar surface area (TPSA) is 44.5 Å². The molecule has 1 atom stereocenters. The van der Waals surface area contributed by atoms with E-state index in [9.17, 15) is 0 Å². The molecule has 0 amide bonds. The maximum atomic E-state index is 5.97. The quantitative estimate of drug-likeness (QED) is 0.800. The Labute approximate surface area is 101 Å². The largest absolute Gasteiger partial charge is 0.492 e. The van der Waals surface area contributed by atoms with Crippen LogP contribution in [-0.2, 0) is 4.74 Å². The van der Waals surface area contributed by atoms with Gasteiger partial charge in [0.1, 0.15) is 5.75 Å². The van der Waals surface area contributed by atoms with E-state index >= 15 is 0 Å². The fourth-order valence-electron chi connectivity index (χ4n) is 1.32. The van der Waals surface area contributed by atoms with Crippen LogP contribution in [0.5, 0.6) is 5.75 Å². The van der Waals surface area contributed by atoms with Crippen molar-refractivity contribution in [1.82, 2.24) is 0 Å². The predicted molar refractivity (Wildman–Crippen MR) is 66.0 cm³/mol. The minimum absolute atomic E-state index is 0.302. The molecule has 0 aliphatic rings. The van der Waals surface area contributed by atoms with Crippen molar-refractivity contribution >= 4 is 11.6 Å². The summed E-state index contributed by atoms with van der Waals surface area (Å²) >= 11 is 5.97. The summed E-state index contributed by atoms with van der Waals surface area (Å²) in [6.45, 7) is 1.87. The monoisotopic (exact) mass is 243 g/mol. The van der Waals surface area contributed by atoms with Gasteiger partial charge < -0.3 is 15.2 Å². The summed E-state index contributed by atoms with van der Waals surface area (Å²) in [7, 11) is 1.68. The van der Waals surface area contributed by atoms with Crippen molar-refractivity contribution in [2.75, 3.05) is 26.9 Å². The molecule has 0 fully saturated rings. The van der Waals surface area contributed by atoms with E-state index in [2.05, 4.69) is 0 Å². The Balaban J connectivity index is 2.40. The Morgan fingerprint density at radius 2 is 2.12 bits per heavy atom. The second-order valence-electron chi connectivity index (χ2n) is 3.62. The Hall–Kier alpha value is -0.770. The summed E-state index contributed by atoms with van der Waals surface area (Å²) in [4.78, 5) is 0. The minimum atomic E-state index is 0.302. The average molecular weight is 244 g/mol. The lowest BCUT2D eigenvalue weighted by molar-refractivity contribution is 0.157. The van der Waals surface area contributed by atoms with E-state index in [1.54, 1.807) is 7.11 Å². The summed E-state index contributed by atoms with van der Waals surface area (Å²) in [5.41, 5.74) is 5.65. The second kappa shape index (κ2) is 7.49. The molecule has 0 saturated carbocycles. The van der Waals surface area contributed by atoms with Crippen LogP contribution in [0.1, 0.15) is 6.42 Å². The molecule has 1 rings (SSSR count). The molecule has 0 saturated heterocycles. The van der Waals surface area contributed by atoms with Gasteiger partial charge in [0.2, 0.25) is 0 Å². The highest BCUT2D eigenvalue weighted by Crippen LogP contribution is 2.23. The van der Waals surface area contributed by atoms with Crippen LogP contribution < -0.4 is 10.5 Å². The molecule has 90 valence electrons. The van der Waals surface area contributed by atoms with Crippen molar-refractivity contribution in [3.63, 3.8) is 0 Å².